The summed E-state index contributed by atoms with van der Waals surface area (Å²) >= 11 is 0. The highest BCUT2D eigenvalue weighted by atomic mass is 19.1. The molecule has 98 valence electrons. The van der Waals surface area contributed by atoms with Crippen molar-refractivity contribution in [1.29, 1.82) is 0 Å². The smallest absolute Gasteiger partial charge is 0.329 e. The summed E-state index contributed by atoms with van der Waals surface area (Å²) in [4.78, 5) is 11.7. The van der Waals surface area contributed by atoms with Gasteiger partial charge in [0.2, 0.25) is 0 Å². The predicted octanol–water partition coefficient (Wildman–Crippen LogP) is 1.48. The van der Waals surface area contributed by atoms with Crippen LogP contribution >= 0.6 is 0 Å². The molecule has 0 aromatic heterocycles. The Morgan fingerprint density at radius 1 is 1.50 bits per heavy atom. The fourth-order valence-corrected chi connectivity index (χ4v) is 1.89. The van der Waals surface area contributed by atoms with Crippen molar-refractivity contribution in [3.63, 3.8) is 0 Å². The van der Waals surface area contributed by atoms with Crippen molar-refractivity contribution >= 4 is 5.97 Å². The molecule has 1 aromatic carbocycles. The second-order valence-electron chi connectivity index (χ2n) is 4.53. The highest BCUT2D eigenvalue weighted by Crippen LogP contribution is 2.39. The summed E-state index contributed by atoms with van der Waals surface area (Å²) in [6.07, 6.45) is 1.73. The van der Waals surface area contributed by atoms with Crippen LogP contribution in [0.15, 0.2) is 24.3 Å². The number of nitrogens with two attached hydrogens (primary N) is 1. The molecule has 1 unspecified atom stereocenters. The van der Waals surface area contributed by atoms with Crippen LogP contribution in [0.2, 0.25) is 0 Å². The van der Waals surface area contributed by atoms with Crippen molar-refractivity contribution in [2.75, 3.05) is 13.7 Å². The molecule has 2 N–H and O–H groups in total. The van der Waals surface area contributed by atoms with Gasteiger partial charge in [0.05, 0.1) is 7.11 Å². The summed E-state index contributed by atoms with van der Waals surface area (Å²) in [5.74, 6) is -0.838. The van der Waals surface area contributed by atoms with Gasteiger partial charge in [-0.1, -0.05) is 12.1 Å². The Kier molecular flexibility index (Phi) is 3.52. The van der Waals surface area contributed by atoms with Crippen LogP contribution in [0.1, 0.15) is 12.8 Å². The van der Waals surface area contributed by atoms with Crippen molar-refractivity contribution < 1.29 is 18.7 Å². The Balaban J connectivity index is 2.07. The van der Waals surface area contributed by atoms with E-state index < -0.39 is 17.3 Å². The van der Waals surface area contributed by atoms with Crippen LogP contribution in [0.5, 0.6) is 5.75 Å². The van der Waals surface area contributed by atoms with E-state index in [2.05, 4.69) is 0 Å². The van der Waals surface area contributed by atoms with E-state index in [9.17, 15) is 9.18 Å². The van der Waals surface area contributed by atoms with Crippen molar-refractivity contribution in [2.45, 2.75) is 18.4 Å². The van der Waals surface area contributed by atoms with E-state index in [0.717, 1.165) is 12.8 Å². The van der Waals surface area contributed by atoms with E-state index in [1.54, 1.807) is 12.1 Å². The minimum absolute atomic E-state index is 0.0525. The van der Waals surface area contributed by atoms with Gasteiger partial charge < -0.3 is 15.2 Å². The molecule has 2 rings (SSSR count). The number of carbonyl (C=O) groups excluding carboxylic acids is 1. The highest BCUT2D eigenvalue weighted by molar-refractivity contribution is 5.81. The van der Waals surface area contributed by atoms with Gasteiger partial charge in [-0.25, -0.2) is 9.18 Å². The molecule has 1 aromatic rings. The van der Waals surface area contributed by atoms with Crippen molar-refractivity contribution in [3.8, 4) is 5.75 Å². The topological polar surface area (TPSA) is 61.5 Å². The van der Waals surface area contributed by atoms with E-state index in [-0.39, 0.29) is 18.3 Å². The Morgan fingerprint density at radius 3 is 2.72 bits per heavy atom. The lowest BCUT2D eigenvalue weighted by Gasteiger charge is -2.26. The van der Waals surface area contributed by atoms with E-state index in [1.165, 1.54) is 19.2 Å². The minimum atomic E-state index is -1.18. The maximum atomic E-state index is 13.4. The van der Waals surface area contributed by atoms with Crippen LogP contribution in [0.4, 0.5) is 4.39 Å². The average molecular weight is 253 g/mol. The second-order valence-corrected chi connectivity index (χ2v) is 4.53. The molecule has 1 aliphatic rings. The SMILES string of the molecule is COC(=O)C(N)(COc1ccccc1F)C1CC1. The molecule has 0 amide bonds. The largest absolute Gasteiger partial charge is 0.488 e. The maximum absolute atomic E-state index is 13.4. The van der Waals surface area contributed by atoms with Crippen LogP contribution in [0.3, 0.4) is 0 Å². The molecule has 1 atom stereocenters. The van der Waals surface area contributed by atoms with Gasteiger partial charge in [-0.05, 0) is 30.9 Å². The molecule has 1 saturated carbocycles. The van der Waals surface area contributed by atoms with Crippen LogP contribution < -0.4 is 10.5 Å². The third-order valence-corrected chi connectivity index (χ3v) is 3.17. The lowest BCUT2D eigenvalue weighted by molar-refractivity contribution is -0.149. The number of rotatable bonds is 5. The van der Waals surface area contributed by atoms with E-state index in [4.69, 9.17) is 15.2 Å². The van der Waals surface area contributed by atoms with Crippen LogP contribution in [0, 0.1) is 11.7 Å². The molecule has 1 aliphatic carbocycles. The van der Waals surface area contributed by atoms with Crippen molar-refractivity contribution in [1.82, 2.24) is 0 Å². The minimum Gasteiger partial charge on any atom is -0.488 e. The van der Waals surface area contributed by atoms with Gasteiger partial charge in [0, 0.05) is 0 Å². The van der Waals surface area contributed by atoms with Gasteiger partial charge in [-0.3, -0.25) is 0 Å². The van der Waals surface area contributed by atoms with Crippen LogP contribution in [-0.4, -0.2) is 25.2 Å². The Morgan fingerprint density at radius 2 is 2.17 bits per heavy atom. The van der Waals surface area contributed by atoms with Gasteiger partial charge in [0.15, 0.2) is 17.1 Å². The molecule has 0 radical (unpaired) electrons. The van der Waals surface area contributed by atoms with Crippen LogP contribution in [0.25, 0.3) is 0 Å². The third-order valence-electron chi connectivity index (χ3n) is 3.17. The van der Waals surface area contributed by atoms with E-state index in [0.29, 0.717) is 0 Å². The first-order valence-corrected chi connectivity index (χ1v) is 5.82. The highest BCUT2D eigenvalue weighted by Gasteiger charge is 2.49. The number of ether oxygens (including phenoxy) is 2. The molecule has 0 saturated heterocycles. The quantitative estimate of drug-likeness (QED) is 0.807. The van der Waals surface area contributed by atoms with Crippen molar-refractivity contribution in [2.24, 2.45) is 11.7 Å². The van der Waals surface area contributed by atoms with Crippen LogP contribution in [-0.2, 0) is 9.53 Å². The van der Waals surface area contributed by atoms with Gasteiger partial charge in [0.1, 0.15) is 6.61 Å². The number of carbonyl (C=O) groups is 1. The van der Waals surface area contributed by atoms with E-state index in [1.807, 2.05) is 0 Å². The fraction of sp³-hybridized carbons (Fsp3) is 0.462. The van der Waals surface area contributed by atoms with Gasteiger partial charge >= 0.3 is 5.97 Å². The second kappa shape index (κ2) is 4.94. The van der Waals surface area contributed by atoms with Crippen molar-refractivity contribution in [3.05, 3.63) is 30.1 Å². The normalized spacial score (nSPS) is 17.9. The number of hydrogen-bond donors (Lipinski definition) is 1. The van der Waals surface area contributed by atoms with E-state index >= 15 is 0 Å². The summed E-state index contributed by atoms with van der Waals surface area (Å²) < 4.78 is 23.4. The monoisotopic (exact) mass is 253 g/mol. The molecule has 1 fully saturated rings. The molecule has 0 bridgehead atoms. The number of methoxy groups -OCH3 is 1. The number of halogens is 1. The zero-order chi connectivity index (χ0) is 13.2. The number of esters is 1. The molecular weight excluding hydrogens is 237 g/mol. The summed E-state index contributed by atoms with van der Waals surface area (Å²) in [5.41, 5.74) is 4.85. The first-order chi connectivity index (χ1) is 8.58. The summed E-state index contributed by atoms with van der Waals surface area (Å²) in [7, 11) is 1.29. The summed E-state index contributed by atoms with van der Waals surface area (Å²) in [6.45, 7) is -0.0781. The Labute approximate surface area is 105 Å². The lowest BCUT2D eigenvalue weighted by atomic mass is 9.96. The standard InChI is InChI=1S/C13H16FNO3/c1-17-12(16)13(15,9-6-7-9)8-18-11-5-3-2-4-10(11)14/h2-5,9H,6-8,15H2,1H3. The van der Waals surface area contributed by atoms with Gasteiger partial charge in [-0.2, -0.15) is 0 Å². The number of para-hydroxylation sites is 1. The fourth-order valence-electron chi connectivity index (χ4n) is 1.89. The Hall–Kier alpha value is -1.62. The molecule has 5 heteroatoms. The molecular formula is C13H16FNO3. The number of benzene rings is 1. The Bertz CT molecular complexity index is 448. The third kappa shape index (κ3) is 2.46. The summed E-state index contributed by atoms with van der Waals surface area (Å²) in [5, 5.41) is 0. The zero-order valence-corrected chi connectivity index (χ0v) is 10.2. The predicted molar refractivity (Wildman–Crippen MR) is 63.6 cm³/mol. The molecule has 0 aliphatic heterocycles. The maximum Gasteiger partial charge on any atom is 0.329 e. The first-order valence-electron chi connectivity index (χ1n) is 5.82. The van der Waals surface area contributed by atoms with Gasteiger partial charge in [-0.15, -0.1) is 0 Å². The van der Waals surface area contributed by atoms with Gasteiger partial charge in [0.25, 0.3) is 0 Å². The average Bonchev–Trinajstić information content (AvgIpc) is 3.21. The molecule has 0 spiro atoms. The zero-order valence-electron chi connectivity index (χ0n) is 10.2. The molecule has 4 nitrogen and oxygen atoms in total. The summed E-state index contributed by atoms with van der Waals surface area (Å²) in [6, 6.07) is 6.02. The molecule has 18 heavy (non-hydrogen) atoms. The number of hydrogen-bond acceptors (Lipinski definition) is 4. The lowest BCUT2D eigenvalue weighted by Crippen LogP contribution is -2.55. The first kappa shape index (κ1) is 12.8. The molecule has 0 heterocycles.